The van der Waals surface area contributed by atoms with E-state index in [9.17, 15) is 0 Å². The number of fused-ring (bicyclic) bond motifs is 16. The zero-order valence-electron chi connectivity index (χ0n) is 36.3. The monoisotopic (exact) mass is 841 g/mol. The average molecular weight is 842 g/mol. The van der Waals surface area contributed by atoms with Crippen molar-refractivity contribution in [1.82, 2.24) is 4.57 Å². The average Bonchev–Trinajstić information content (AvgIpc) is 3.87. The van der Waals surface area contributed by atoms with Crippen molar-refractivity contribution in [3.05, 3.63) is 269 Å². The highest BCUT2D eigenvalue weighted by Crippen LogP contribution is 2.63. The van der Waals surface area contributed by atoms with Crippen molar-refractivity contribution in [3.63, 3.8) is 0 Å². The zero-order valence-corrected chi connectivity index (χ0v) is 36.3. The van der Waals surface area contributed by atoms with E-state index in [0.29, 0.717) is 5.92 Å². The highest BCUT2D eigenvalue weighted by Gasteiger charge is 2.51. The highest BCUT2D eigenvalue weighted by molar-refractivity contribution is 6.17. The summed E-state index contributed by atoms with van der Waals surface area (Å²) in [6.07, 6.45) is 2.03. The molecule has 10 aromatic carbocycles. The molecule has 0 amide bonds. The van der Waals surface area contributed by atoms with Gasteiger partial charge in [0, 0.05) is 33.2 Å². The lowest BCUT2D eigenvalue weighted by Gasteiger charge is -2.39. The molecule has 1 aliphatic heterocycles. The normalized spacial score (nSPS) is 14.8. The third-order valence-corrected chi connectivity index (χ3v) is 14.9. The maximum atomic E-state index is 6.66. The number of rotatable bonds is 5. The molecule has 66 heavy (non-hydrogen) atoms. The van der Waals surface area contributed by atoms with Gasteiger partial charge in [0.1, 0.15) is 11.5 Å². The predicted molar refractivity (Wildman–Crippen MR) is 271 cm³/mol. The second-order valence-corrected chi connectivity index (χ2v) is 18.3. The summed E-state index contributed by atoms with van der Waals surface area (Å²) in [6, 6.07) is 85.3. The third-order valence-electron chi connectivity index (χ3n) is 14.9. The fourth-order valence-electron chi connectivity index (χ4n) is 12.1. The molecule has 1 unspecified atom stereocenters. The quantitative estimate of drug-likeness (QED) is 0.168. The van der Waals surface area contributed by atoms with Crippen LogP contribution in [0.4, 0.5) is 0 Å². The summed E-state index contributed by atoms with van der Waals surface area (Å²) in [6.45, 7) is 0. The van der Waals surface area contributed by atoms with Gasteiger partial charge in [0.15, 0.2) is 0 Å². The Balaban J connectivity index is 0.879. The van der Waals surface area contributed by atoms with E-state index in [1.165, 1.54) is 105 Å². The van der Waals surface area contributed by atoms with Gasteiger partial charge in [-0.25, -0.2) is 0 Å². The molecule has 1 spiro atoms. The maximum absolute atomic E-state index is 6.66. The molecule has 0 saturated heterocycles. The SMILES string of the molecule is c1ccc(-c2ccc3c(c2)-c2ccccc2C(Cc2ccc(-c4ccc5c(c4)c4ccc6c(c4n5-c4ccccc4)-c4ccccc4C64c5ccccc5Oc5ccccc54)cc2)C3)cc1. The molecule has 0 bridgehead atoms. The van der Waals surface area contributed by atoms with Crippen LogP contribution in [0.25, 0.3) is 72.0 Å². The van der Waals surface area contributed by atoms with Crippen LogP contribution in [0.3, 0.4) is 0 Å². The van der Waals surface area contributed by atoms with Gasteiger partial charge in [0.2, 0.25) is 0 Å². The van der Waals surface area contributed by atoms with E-state index < -0.39 is 5.41 Å². The van der Waals surface area contributed by atoms with Crippen LogP contribution in [0.1, 0.15) is 44.9 Å². The van der Waals surface area contributed by atoms with Crippen LogP contribution < -0.4 is 4.74 Å². The minimum Gasteiger partial charge on any atom is -0.457 e. The van der Waals surface area contributed by atoms with Crippen LogP contribution in [-0.2, 0) is 18.3 Å². The van der Waals surface area contributed by atoms with E-state index in [0.717, 1.165) is 30.0 Å². The molecular weight excluding hydrogens is 799 g/mol. The van der Waals surface area contributed by atoms with E-state index in [4.69, 9.17) is 4.74 Å². The van der Waals surface area contributed by atoms with Gasteiger partial charge in [0.25, 0.3) is 0 Å². The van der Waals surface area contributed by atoms with Gasteiger partial charge in [-0.05, 0) is 128 Å². The van der Waals surface area contributed by atoms with Gasteiger partial charge in [-0.1, -0.05) is 188 Å². The summed E-state index contributed by atoms with van der Waals surface area (Å²) in [5.74, 6) is 2.23. The van der Waals surface area contributed by atoms with Crippen LogP contribution in [-0.4, -0.2) is 4.57 Å². The minimum atomic E-state index is -0.536. The molecule has 2 heteroatoms. The van der Waals surface area contributed by atoms with Crippen LogP contribution in [0.15, 0.2) is 231 Å². The second-order valence-electron chi connectivity index (χ2n) is 18.3. The van der Waals surface area contributed by atoms with Gasteiger partial charge < -0.3 is 9.30 Å². The Hall–Kier alpha value is -8.20. The van der Waals surface area contributed by atoms with E-state index in [1.807, 2.05) is 0 Å². The van der Waals surface area contributed by atoms with Crippen LogP contribution in [0, 0.1) is 0 Å². The number of hydrogen-bond acceptors (Lipinski definition) is 1. The molecule has 1 atom stereocenters. The van der Waals surface area contributed by atoms with Gasteiger partial charge in [-0.15, -0.1) is 0 Å². The molecule has 3 aliphatic rings. The van der Waals surface area contributed by atoms with Crippen LogP contribution in [0.2, 0.25) is 0 Å². The first-order valence-corrected chi connectivity index (χ1v) is 23.2. The molecule has 1 aromatic heterocycles. The first-order valence-electron chi connectivity index (χ1n) is 23.2. The van der Waals surface area contributed by atoms with Gasteiger partial charge >= 0.3 is 0 Å². The molecule has 0 N–H and O–H groups in total. The molecule has 2 heterocycles. The second kappa shape index (κ2) is 14.4. The Morgan fingerprint density at radius 1 is 0.439 bits per heavy atom. The first-order chi connectivity index (χ1) is 32.7. The summed E-state index contributed by atoms with van der Waals surface area (Å²) in [4.78, 5) is 0. The Labute approximate surface area is 384 Å². The summed E-state index contributed by atoms with van der Waals surface area (Å²) < 4.78 is 9.17. The van der Waals surface area contributed by atoms with Gasteiger partial charge in [0.05, 0.1) is 16.4 Å². The molecule has 2 nitrogen and oxygen atoms in total. The topological polar surface area (TPSA) is 14.2 Å². The van der Waals surface area contributed by atoms with E-state index in [-0.39, 0.29) is 0 Å². The van der Waals surface area contributed by atoms with Crippen molar-refractivity contribution in [3.8, 4) is 61.7 Å². The number of hydrogen-bond donors (Lipinski definition) is 0. The number of ether oxygens (including phenoxy) is 1. The summed E-state index contributed by atoms with van der Waals surface area (Å²) in [5, 5.41) is 2.50. The Kier molecular flexibility index (Phi) is 8.12. The zero-order chi connectivity index (χ0) is 43.3. The fraction of sp³-hybridized carbons (Fsp3) is 0.0625. The van der Waals surface area contributed by atoms with E-state index in [1.54, 1.807) is 0 Å². The van der Waals surface area contributed by atoms with Crippen molar-refractivity contribution >= 4 is 21.8 Å². The molecule has 310 valence electrons. The van der Waals surface area contributed by atoms with E-state index in [2.05, 4.69) is 235 Å². The minimum absolute atomic E-state index is 0.414. The number of nitrogens with zero attached hydrogens (tertiary/aromatic N) is 1. The van der Waals surface area contributed by atoms with Gasteiger partial charge in [-0.2, -0.15) is 0 Å². The summed E-state index contributed by atoms with van der Waals surface area (Å²) >= 11 is 0. The molecule has 0 saturated carbocycles. The molecule has 11 aromatic rings. The Bertz CT molecular complexity index is 3680. The predicted octanol–water partition coefficient (Wildman–Crippen LogP) is 16.1. The molecule has 2 aliphatic carbocycles. The van der Waals surface area contributed by atoms with Crippen LogP contribution in [0.5, 0.6) is 11.5 Å². The van der Waals surface area contributed by atoms with Crippen molar-refractivity contribution in [2.75, 3.05) is 0 Å². The number of aromatic nitrogens is 1. The molecule has 14 rings (SSSR count). The lowest BCUT2D eigenvalue weighted by atomic mass is 9.66. The molecular formula is C64H43NO. The van der Waals surface area contributed by atoms with Crippen molar-refractivity contribution < 1.29 is 4.74 Å². The molecule has 0 radical (unpaired) electrons. The number of benzene rings is 10. The van der Waals surface area contributed by atoms with Crippen molar-refractivity contribution in [1.29, 1.82) is 0 Å². The van der Waals surface area contributed by atoms with Crippen molar-refractivity contribution in [2.45, 2.75) is 24.2 Å². The third kappa shape index (κ3) is 5.36. The van der Waals surface area contributed by atoms with E-state index >= 15 is 0 Å². The summed E-state index contributed by atoms with van der Waals surface area (Å²) in [5.41, 5.74) is 22.5. The highest BCUT2D eigenvalue weighted by atomic mass is 16.5. The largest absolute Gasteiger partial charge is 0.457 e. The van der Waals surface area contributed by atoms with Crippen LogP contribution >= 0.6 is 0 Å². The Morgan fingerprint density at radius 2 is 1.05 bits per heavy atom. The standard InChI is InChI=1S/C64H43NO/c1-3-15-42(16-4-1)44-31-32-46-38-47(49-19-7-8-20-50(49)53(46)39-44)37-41-27-29-43(30-28-41)45-33-36-59-54(40-45)51-34-35-58-62(63(51)65(59)48-17-5-2-6-18-48)52-21-9-10-22-55(52)64(58)56-23-11-13-25-60(56)66-61-26-14-12-24-57(61)64/h1-36,39-40,47H,37-38H2. The smallest absolute Gasteiger partial charge is 0.132 e. The van der Waals surface area contributed by atoms with Crippen molar-refractivity contribution in [2.24, 2.45) is 0 Å². The molecule has 0 fully saturated rings. The fourth-order valence-corrected chi connectivity index (χ4v) is 12.1. The van der Waals surface area contributed by atoms with Gasteiger partial charge in [-0.3, -0.25) is 0 Å². The Morgan fingerprint density at radius 3 is 1.82 bits per heavy atom. The lowest BCUT2D eigenvalue weighted by Crippen LogP contribution is -2.32. The maximum Gasteiger partial charge on any atom is 0.132 e. The first kappa shape index (κ1) is 37.2. The summed E-state index contributed by atoms with van der Waals surface area (Å²) in [7, 11) is 0. The lowest BCUT2D eigenvalue weighted by molar-refractivity contribution is 0.436. The number of para-hydroxylation sites is 3.